The second kappa shape index (κ2) is 13.2. The number of ether oxygens (including phenoxy) is 1. The van der Waals surface area contributed by atoms with Crippen molar-refractivity contribution in [1.82, 2.24) is 29.7 Å². The number of aliphatic imine (C=N–C) groups is 1. The fourth-order valence-electron chi connectivity index (χ4n) is 6.50. The number of methoxy groups -OCH3 is 1. The molecule has 49 heavy (non-hydrogen) atoms. The van der Waals surface area contributed by atoms with Gasteiger partial charge in [-0.3, -0.25) is 19.6 Å². The van der Waals surface area contributed by atoms with Gasteiger partial charge in [0.15, 0.2) is 16.6 Å². The summed E-state index contributed by atoms with van der Waals surface area (Å²) in [7, 11) is 3.16. The highest BCUT2D eigenvalue weighted by molar-refractivity contribution is 7.11. The maximum atomic E-state index is 14.0. The lowest BCUT2D eigenvalue weighted by Crippen LogP contribution is -2.53. The Morgan fingerprint density at radius 2 is 1.94 bits per heavy atom. The number of fused-ring (bicyclic) bond motifs is 1. The van der Waals surface area contributed by atoms with Crippen molar-refractivity contribution >= 4 is 52.5 Å². The number of aromatic nitrogens is 3. The number of hydrogen-bond acceptors (Lipinski definition) is 10. The minimum atomic E-state index is -0.864. The van der Waals surface area contributed by atoms with Crippen molar-refractivity contribution in [3.05, 3.63) is 98.5 Å². The van der Waals surface area contributed by atoms with E-state index in [1.54, 1.807) is 23.2 Å². The molecular formula is C34H32ClFN8O4S. The van der Waals surface area contributed by atoms with E-state index in [0.29, 0.717) is 72.0 Å². The quantitative estimate of drug-likeness (QED) is 0.207. The molecule has 0 spiro atoms. The molecule has 2 aromatic carbocycles. The van der Waals surface area contributed by atoms with Crippen molar-refractivity contribution in [1.29, 1.82) is 0 Å². The monoisotopic (exact) mass is 702 g/mol. The summed E-state index contributed by atoms with van der Waals surface area (Å²) in [6, 6.07) is 10.1. The number of ketones is 1. The van der Waals surface area contributed by atoms with Gasteiger partial charge in [-0.05, 0) is 19.1 Å². The Hall–Kier alpha value is -4.92. The zero-order chi connectivity index (χ0) is 34.4. The third-order valence-electron chi connectivity index (χ3n) is 8.92. The molecule has 0 radical (unpaired) electrons. The Morgan fingerprint density at radius 3 is 2.63 bits per heavy atom. The average molecular weight is 703 g/mol. The zero-order valence-electron chi connectivity index (χ0n) is 26.9. The number of amidine groups is 1. The van der Waals surface area contributed by atoms with E-state index in [-0.39, 0.29) is 28.5 Å². The molecule has 2 atom stereocenters. The maximum Gasteiger partial charge on any atom is 0.338 e. The first-order chi connectivity index (χ1) is 23.6. The third-order valence-corrected chi connectivity index (χ3v) is 10.0. The Labute approximate surface area is 290 Å². The highest BCUT2D eigenvalue weighted by atomic mass is 35.5. The molecule has 3 aliphatic heterocycles. The van der Waals surface area contributed by atoms with Crippen molar-refractivity contribution in [2.24, 2.45) is 12.0 Å². The van der Waals surface area contributed by atoms with Gasteiger partial charge in [-0.25, -0.2) is 23.9 Å². The van der Waals surface area contributed by atoms with Crippen molar-refractivity contribution in [3.63, 3.8) is 0 Å². The summed E-state index contributed by atoms with van der Waals surface area (Å²) in [5.41, 5.74) is 3.46. The van der Waals surface area contributed by atoms with Crippen molar-refractivity contribution in [2.45, 2.75) is 19.0 Å². The lowest BCUT2D eigenvalue weighted by molar-refractivity contribution is -0.136. The highest BCUT2D eigenvalue weighted by Gasteiger charge is 2.43. The van der Waals surface area contributed by atoms with Crippen LogP contribution in [0.25, 0.3) is 11.3 Å². The molecule has 4 aromatic rings. The number of piperazine rings is 1. The number of benzene rings is 2. The average Bonchev–Trinajstić information content (AvgIpc) is 3.84. The number of nitrogens with one attached hydrogen (secondary N) is 1. The first-order valence-corrected chi connectivity index (χ1v) is 16.8. The molecule has 2 fully saturated rings. The van der Waals surface area contributed by atoms with E-state index in [0.717, 1.165) is 5.56 Å². The number of halogens is 2. The number of rotatable bonds is 8. The molecule has 1 N–H and O–H groups in total. The fourth-order valence-corrected chi connectivity index (χ4v) is 7.35. The molecule has 5 heterocycles. The van der Waals surface area contributed by atoms with E-state index in [2.05, 4.69) is 15.2 Å². The van der Waals surface area contributed by atoms with Gasteiger partial charge in [-0.1, -0.05) is 41.9 Å². The van der Waals surface area contributed by atoms with Gasteiger partial charge in [0, 0.05) is 78.4 Å². The normalized spacial score (nSPS) is 19.5. The zero-order valence-corrected chi connectivity index (χ0v) is 28.5. The molecule has 7 rings (SSSR count). The van der Waals surface area contributed by atoms with Crippen LogP contribution < -0.4 is 10.2 Å². The number of nitrogens with zero attached hydrogens (tertiary/aromatic N) is 7. The highest BCUT2D eigenvalue weighted by Crippen LogP contribution is 2.37. The van der Waals surface area contributed by atoms with Gasteiger partial charge in [-0.15, -0.1) is 11.3 Å². The number of hydrogen-bond donors (Lipinski definition) is 1. The molecule has 12 nitrogen and oxygen atoms in total. The van der Waals surface area contributed by atoms with Crippen LogP contribution in [-0.4, -0.2) is 93.8 Å². The Morgan fingerprint density at radius 1 is 1.14 bits per heavy atom. The fraction of sp³-hybridized carbons (Fsp3) is 0.294. The van der Waals surface area contributed by atoms with E-state index in [9.17, 15) is 18.8 Å². The predicted molar refractivity (Wildman–Crippen MR) is 183 cm³/mol. The lowest BCUT2D eigenvalue weighted by Gasteiger charge is -2.38. The SMILES string of the molecule is COC(=O)C1=C(CN2CCN3C(=O)N(c4nc(-c5ccc(C(C)=O)cc5)cn4C)C[C@@H]3C2)NC(c2nccs2)=N[C@H]1c1ccc(F)cc1Cl. The summed E-state index contributed by atoms with van der Waals surface area (Å²) < 4.78 is 21.1. The number of Topliss-reactive ketones (excluding diaryl/α,β-unsaturated/α-hetero) is 1. The minimum absolute atomic E-state index is 0.0103. The topological polar surface area (TPSA) is 125 Å². The molecule has 0 unspecified atom stereocenters. The number of thiazole rings is 1. The number of anilines is 1. The van der Waals surface area contributed by atoms with Crippen LogP contribution in [0.4, 0.5) is 15.1 Å². The van der Waals surface area contributed by atoms with Gasteiger partial charge < -0.3 is 19.5 Å². The van der Waals surface area contributed by atoms with Gasteiger partial charge in [0.05, 0.1) is 31.0 Å². The van der Waals surface area contributed by atoms with Gasteiger partial charge in [0.1, 0.15) is 11.9 Å². The summed E-state index contributed by atoms with van der Waals surface area (Å²) in [5.74, 6) is -0.102. The molecule has 0 aliphatic carbocycles. The number of aryl methyl sites for hydroxylation is 1. The van der Waals surface area contributed by atoms with E-state index in [1.165, 1.54) is 43.6 Å². The summed E-state index contributed by atoms with van der Waals surface area (Å²) >= 11 is 7.89. The molecule has 2 aromatic heterocycles. The van der Waals surface area contributed by atoms with Crippen LogP contribution in [-0.2, 0) is 16.6 Å². The standard InChI is InChI=1S/C34H32ClFN8O4S/c1-19(45)20-4-6-21(7-5-20)26-17-41(2)33(39-26)44-16-23-15-42(11-12-43(23)34(44)47)18-27-28(32(46)48-3)29(24-9-8-22(36)14-25(24)35)40-30(38-27)31-37-10-13-49-31/h4-10,13-14,17,23,29H,11-12,15-16,18H2,1-3H3,(H,38,40)/t23-,29-/m0/s1. The van der Waals surface area contributed by atoms with Crippen LogP contribution in [0.3, 0.4) is 0 Å². The van der Waals surface area contributed by atoms with E-state index < -0.39 is 17.8 Å². The van der Waals surface area contributed by atoms with Crippen LogP contribution in [0, 0.1) is 5.82 Å². The Balaban J connectivity index is 1.14. The predicted octanol–water partition coefficient (Wildman–Crippen LogP) is 4.68. The summed E-state index contributed by atoms with van der Waals surface area (Å²) in [6.45, 7) is 3.85. The van der Waals surface area contributed by atoms with Gasteiger partial charge in [-0.2, -0.15) is 0 Å². The van der Waals surface area contributed by atoms with E-state index >= 15 is 0 Å². The van der Waals surface area contributed by atoms with Crippen LogP contribution >= 0.6 is 22.9 Å². The number of carbonyl (C=O) groups is 3. The molecule has 2 saturated heterocycles. The van der Waals surface area contributed by atoms with E-state index in [1.807, 2.05) is 40.2 Å². The number of carbonyl (C=O) groups excluding carboxylic acids is 3. The Bertz CT molecular complexity index is 2010. The van der Waals surface area contributed by atoms with Crippen LogP contribution in [0.1, 0.15) is 33.9 Å². The summed E-state index contributed by atoms with van der Waals surface area (Å²) in [4.78, 5) is 58.5. The number of esters is 1. The molecule has 252 valence electrons. The number of imidazole rings is 1. The second-order valence-corrected chi connectivity index (χ2v) is 13.3. The van der Waals surface area contributed by atoms with Crippen LogP contribution in [0.2, 0.25) is 5.02 Å². The maximum absolute atomic E-state index is 14.0. The molecule has 2 amide bonds. The van der Waals surface area contributed by atoms with Crippen LogP contribution in [0.15, 0.2) is 76.5 Å². The summed E-state index contributed by atoms with van der Waals surface area (Å²) in [5, 5.41) is 5.92. The minimum Gasteiger partial charge on any atom is -0.466 e. The van der Waals surface area contributed by atoms with Gasteiger partial charge in [0.25, 0.3) is 0 Å². The second-order valence-electron chi connectivity index (χ2n) is 12.0. The van der Waals surface area contributed by atoms with Crippen LogP contribution in [0.5, 0.6) is 0 Å². The lowest BCUT2D eigenvalue weighted by atomic mass is 9.95. The number of amides is 2. The third kappa shape index (κ3) is 6.22. The van der Waals surface area contributed by atoms with Crippen molar-refractivity contribution < 1.29 is 23.5 Å². The largest absolute Gasteiger partial charge is 0.466 e. The summed E-state index contributed by atoms with van der Waals surface area (Å²) in [6.07, 6.45) is 3.54. The molecule has 0 saturated carbocycles. The molecular weight excluding hydrogens is 671 g/mol. The molecule has 0 bridgehead atoms. The Kier molecular flexibility index (Phi) is 8.77. The smallest absolute Gasteiger partial charge is 0.338 e. The van der Waals surface area contributed by atoms with Crippen molar-refractivity contribution in [2.75, 3.05) is 44.7 Å². The van der Waals surface area contributed by atoms with Crippen molar-refractivity contribution in [3.8, 4) is 11.3 Å². The first kappa shape index (κ1) is 32.6. The number of urea groups is 1. The van der Waals surface area contributed by atoms with E-state index in [4.69, 9.17) is 26.3 Å². The van der Waals surface area contributed by atoms with Gasteiger partial charge in [0.2, 0.25) is 5.95 Å². The molecule has 3 aliphatic rings. The first-order valence-electron chi connectivity index (χ1n) is 15.6. The molecule has 15 heteroatoms. The van der Waals surface area contributed by atoms with Gasteiger partial charge >= 0.3 is 12.0 Å².